The highest BCUT2D eigenvalue weighted by Crippen LogP contribution is 2.29. The fraction of sp³-hybridized carbons (Fsp3) is 0.267. The van der Waals surface area contributed by atoms with Crippen LogP contribution in [0, 0.1) is 0 Å². The third-order valence-corrected chi connectivity index (χ3v) is 2.75. The summed E-state index contributed by atoms with van der Waals surface area (Å²) >= 11 is 0. The highest BCUT2D eigenvalue weighted by molar-refractivity contribution is 5.59. The van der Waals surface area contributed by atoms with Gasteiger partial charge in [0.05, 0.1) is 12.0 Å². The first kappa shape index (κ1) is 16.6. The molecule has 4 N–H and O–H groups in total. The van der Waals surface area contributed by atoms with Gasteiger partial charge in [0.15, 0.2) is 0 Å². The number of carbonyl (C=O) groups excluding carboxylic acids is 1. The summed E-state index contributed by atoms with van der Waals surface area (Å²) in [4.78, 5) is 8.94. The Labute approximate surface area is 124 Å². The molecule has 6 heteroatoms. The van der Waals surface area contributed by atoms with Crippen molar-refractivity contribution in [2.75, 3.05) is 12.4 Å². The third kappa shape index (κ3) is 5.19. The average molecular weight is 291 g/mol. The van der Waals surface area contributed by atoms with Crippen LogP contribution in [0.5, 0.6) is 5.75 Å². The summed E-state index contributed by atoms with van der Waals surface area (Å²) in [6.45, 7) is 2.58. The summed E-state index contributed by atoms with van der Waals surface area (Å²) in [5.41, 5.74) is 3.96. The van der Waals surface area contributed by atoms with Gasteiger partial charge in [-0.05, 0) is 30.2 Å². The molecule has 0 aliphatic heterocycles. The number of aryl methyl sites for hydroxylation is 1. The topological polar surface area (TPSA) is 89.5 Å². The maximum absolute atomic E-state index is 8.94. The number of furan rings is 1. The normalized spacial score (nSPS) is 9.29. The molecule has 0 aliphatic rings. The number of amides is 1. The van der Waals surface area contributed by atoms with Crippen molar-refractivity contribution in [3.8, 4) is 5.75 Å². The summed E-state index contributed by atoms with van der Waals surface area (Å²) in [6, 6.07) is 9.90. The number of hydrazine groups is 1. The van der Waals surface area contributed by atoms with E-state index in [9.17, 15) is 0 Å². The van der Waals surface area contributed by atoms with Gasteiger partial charge < -0.3 is 14.5 Å². The van der Waals surface area contributed by atoms with E-state index in [4.69, 9.17) is 13.9 Å². The Kier molecular flexibility index (Phi) is 7.45. The Bertz CT molecular complexity index is 505. The quantitative estimate of drug-likeness (QED) is 0.328. The molecule has 0 aliphatic carbocycles. The van der Waals surface area contributed by atoms with E-state index >= 15 is 0 Å². The molecule has 0 unspecified atom stereocenters. The van der Waals surface area contributed by atoms with Crippen LogP contribution in [-0.2, 0) is 17.8 Å². The van der Waals surface area contributed by atoms with Crippen LogP contribution < -0.4 is 21.3 Å². The van der Waals surface area contributed by atoms with Gasteiger partial charge in [0.2, 0.25) is 6.41 Å². The van der Waals surface area contributed by atoms with E-state index in [1.807, 2.05) is 31.3 Å². The molecule has 1 aromatic heterocycles. The molecule has 1 heterocycles. The Morgan fingerprint density at radius 3 is 2.62 bits per heavy atom. The summed E-state index contributed by atoms with van der Waals surface area (Å²) in [7, 11) is 1.90. The van der Waals surface area contributed by atoms with Crippen molar-refractivity contribution in [3.63, 3.8) is 0 Å². The maximum Gasteiger partial charge on any atom is 0.221 e. The molecule has 0 bridgehead atoms. The number of nitrogens with two attached hydrogens (primary N) is 1. The van der Waals surface area contributed by atoms with E-state index in [2.05, 4.69) is 24.1 Å². The molecule has 2 rings (SSSR count). The molecule has 1 aromatic carbocycles. The van der Waals surface area contributed by atoms with Gasteiger partial charge in [-0.3, -0.25) is 10.2 Å². The minimum atomic E-state index is 0.403. The van der Waals surface area contributed by atoms with Gasteiger partial charge in [-0.15, -0.1) is 0 Å². The van der Waals surface area contributed by atoms with E-state index in [0.717, 1.165) is 23.6 Å². The predicted molar refractivity (Wildman–Crippen MR) is 81.8 cm³/mol. The van der Waals surface area contributed by atoms with Crippen LogP contribution in [0.1, 0.15) is 18.2 Å². The number of nitrogens with one attached hydrogen (secondary N) is 2. The lowest BCUT2D eigenvalue weighted by atomic mass is 10.1. The molecule has 0 atom stereocenters. The summed E-state index contributed by atoms with van der Waals surface area (Å²) in [5, 5.41) is 3.14. The molecule has 6 nitrogen and oxygen atoms in total. The number of hydrogen-bond donors (Lipinski definition) is 3. The molecule has 1 amide bonds. The Balaban J connectivity index is 0.000000491. The first-order valence-corrected chi connectivity index (χ1v) is 6.61. The van der Waals surface area contributed by atoms with Crippen LogP contribution in [0.15, 0.2) is 41.0 Å². The lowest BCUT2D eigenvalue weighted by molar-refractivity contribution is -0.109. The smallest absolute Gasteiger partial charge is 0.221 e. The van der Waals surface area contributed by atoms with E-state index in [1.165, 1.54) is 5.56 Å². The van der Waals surface area contributed by atoms with Crippen LogP contribution in [-0.4, -0.2) is 13.5 Å². The zero-order valence-electron chi connectivity index (χ0n) is 12.3. The van der Waals surface area contributed by atoms with Crippen LogP contribution in [0.25, 0.3) is 0 Å². The maximum atomic E-state index is 8.94. The molecule has 21 heavy (non-hydrogen) atoms. The minimum Gasteiger partial charge on any atom is -0.483 e. The SMILES string of the molecule is CCc1cccc(NC)c1OCc1ccco1.NNC=O. The molecular formula is C15H21N3O3. The van der Waals surface area contributed by atoms with Crippen molar-refractivity contribution >= 4 is 12.1 Å². The highest BCUT2D eigenvalue weighted by atomic mass is 16.5. The second-order valence-corrected chi connectivity index (χ2v) is 4.05. The molecule has 114 valence electrons. The number of carbonyl (C=O) groups is 1. The number of anilines is 1. The van der Waals surface area contributed by atoms with E-state index in [-0.39, 0.29) is 0 Å². The first-order valence-electron chi connectivity index (χ1n) is 6.61. The lowest BCUT2D eigenvalue weighted by Gasteiger charge is -2.14. The summed E-state index contributed by atoms with van der Waals surface area (Å²) in [5.74, 6) is 6.15. The Morgan fingerprint density at radius 2 is 2.10 bits per heavy atom. The van der Waals surface area contributed by atoms with Crippen molar-refractivity contribution in [2.45, 2.75) is 20.0 Å². The largest absolute Gasteiger partial charge is 0.483 e. The number of benzene rings is 1. The van der Waals surface area contributed by atoms with Gasteiger partial charge in [0, 0.05) is 7.05 Å². The number of hydrogen-bond acceptors (Lipinski definition) is 5. The third-order valence-electron chi connectivity index (χ3n) is 2.75. The molecule has 0 fully saturated rings. The second-order valence-electron chi connectivity index (χ2n) is 4.05. The van der Waals surface area contributed by atoms with Gasteiger partial charge in [-0.2, -0.15) is 0 Å². The van der Waals surface area contributed by atoms with Gasteiger partial charge in [-0.1, -0.05) is 19.1 Å². The Hall–Kier alpha value is -2.47. The second kappa shape index (κ2) is 9.44. The van der Waals surface area contributed by atoms with E-state index in [1.54, 1.807) is 11.7 Å². The van der Waals surface area contributed by atoms with Crippen molar-refractivity contribution in [1.82, 2.24) is 5.43 Å². The van der Waals surface area contributed by atoms with Crippen LogP contribution in [0.4, 0.5) is 5.69 Å². The first-order chi connectivity index (χ1) is 10.3. The zero-order valence-corrected chi connectivity index (χ0v) is 12.3. The standard InChI is InChI=1S/C14H17NO2.CH4N2O/c1-3-11-6-4-8-13(15-2)14(11)17-10-12-7-5-9-16-12;2-3-1-4/h4-9,15H,3,10H2,1-2H3;1H,2H2,(H,3,4). The Morgan fingerprint density at radius 1 is 1.33 bits per heavy atom. The van der Waals surface area contributed by atoms with E-state index < -0.39 is 0 Å². The number of ether oxygens (including phenoxy) is 1. The molecular weight excluding hydrogens is 270 g/mol. The van der Waals surface area contributed by atoms with E-state index in [0.29, 0.717) is 13.0 Å². The van der Waals surface area contributed by atoms with Crippen LogP contribution in [0.3, 0.4) is 0 Å². The highest BCUT2D eigenvalue weighted by Gasteiger charge is 2.08. The zero-order chi connectivity index (χ0) is 15.5. The van der Waals surface area contributed by atoms with Crippen molar-refractivity contribution in [3.05, 3.63) is 47.9 Å². The monoisotopic (exact) mass is 291 g/mol. The van der Waals surface area contributed by atoms with Crippen LogP contribution in [0.2, 0.25) is 0 Å². The molecule has 0 saturated heterocycles. The molecule has 0 radical (unpaired) electrons. The van der Waals surface area contributed by atoms with Gasteiger partial charge in [-0.25, -0.2) is 5.84 Å². The molecule has 2 aromatic rings. The number of rotatable bonds is 6. The average Bonchev–Trinajstić information content (AvgIpc) is 3.06. The summed E-state index contributed by atoms with van der Waals surface area (Å²) < 4.78 is 11.1. The van der Waals surface area contributed by atoms with Gasteiger partial charge in [0.1, 0.15) is 18.1 Å². The molecule has 0 spiro atoms. The fourth-order valence-corrected chi connectivity index (χ4v) is 1.77. The van der Waals surface area contributed by atoms with Crippen LogP contribution >= 0.6 is 0 Å². The fourth-order valence-electron chi connectivity index (χ4n) is 1.77. The van der Waals surface area contributed by atoms with Crippen molar-refractivity contribution < 1.29 is 13.9 Å². The number of para-hydroxylation sites is 1. The predicted octanol–water partition coefficient (Wildman–Crippen LogP) is 2.07. The lowest BCUT2D eigenvalue weighted by Crippen LogP contribution is -2.18. The van der Waals surface area contributed by atoms with Crippen molar-refractivity contribution in [2.24, 2.45) is 5.84 Å². The summed E-state index contributed by atoms with van der Waals surface area (Å²) in [6.07, 6.45) is 3.01. The van der Waals surface area contributed by atoms with Crippen molar-refractivity contribution in [1.29, 1.82) is 0 Å². The minimum absolute atomic E-state index is 0.403. The molecule has 0 saturated carbocycles. The van der Waals surface area contributed by atoms with Gasteiger partial charge in [0.25, 0.3) is 0 Å². The van der Waals surface area contributed by atoms with Gasteiger partial charge >= 0.3 is 0 Å².